The SMILES string of the molecule is CCC(C)C1NC(=O)C(NC(=O)[C@H]2CCCN2C(=O)[C@H](CCCN=C(N)N)NC(=O)OCC2c3ccccc3-c3ccccc32)Cc2ccc(O)c(c2)-c2cc3cc(c2O)Oc2ccc(cc2)CC(C(=O)O)NC(=O)C(C3)NC1=O. The first-order valence-electron chi connectivity index (χ1n) is 26.8. The number of benzene rings is 5. The van der Waals surface area contributed by atoms with Gasteiger partial charge in [-0.3, -0.25) is 29.0 Å². The van der Waals surface area contributed by atoms with Crippen molar-refractivity contribution in [3.8, 4) is 45.3 Å². The number of hydrogen-bond donors (Lipinski definition) is 10. The molecule has 5 aromatic carbocycles. The minimum Gasteiger partial charge on any atom is -0.507 e. The van der Waals surface area contributed by atoms with Gasteiger partial charge in [0.25, 0.3) is 0 Å². The Hall–Kier alpha value is -9.14. The zero-order valence-corrected chi connectivity index (χ0v) is 44.3. The van der Waals surface area contributed by atoms with E-state index in [2.05, 4.69) is 31.6 Å². The molecule has 5 aliphatic rings. The summed E-state index contributed by atoms with van der Waals surface area (Å²) in [6, 6.07) is 21.6. The largest absolute Gasteiger partial charge is 0.507 e. The van der Waals surface area contributed by atoms with Crippen molar-refractivity contribution < 1.29 is 58.4 Å². The first kappa shape index (κ1) is 55.6. The molecular formula is C59H65N9O12. The van der Waals surface area contributed by atoms with Gasteiger partial charge in [-0.25, -0.2) is 9.59 Å². The Morgan fingerprint density at radius 2 is 1.49 bits per heavy atom. The molecule has 21 heteroatoms. The molecule has 21 nitrogen and oxygen atoms in total. The maximum atomic E-state index is 14.8. The molecule has 1 saturated heterocycles. The number of amides is 6. The Kier molecular flexibility index (Phi) is 16.9. The molecule has 0 aromatic heterocycles. The second-order valence-corrected chi connectivity index (χ2v) is 20.8. The zero-order chi connectivity index (χ0) is 56.8. The van der Waals surface area contributed by atoms with E-state index in [1.165, 1.54) is 35.2 Å². The normalized spacial score (nSPS) is 20.4. The van der Waals surface area contributed by atoms with Crippen LogP contribution >= 0.6 is 0 Å². The number of guanidine groups is 1. The van der Waals surface area contributed by atoms with Crippen LogP contribution in [0.3, 0.4) is 0 Å². The third-order valence-corrected chi connectivity index (χ3v) is 15.3. The number of nitrogens with two attached hydrogens (primary N) is 2. The van der Waals surface area contributed by atoms with Gasteiger partial charge in [-0.15, -0.1) is 0 Å². The summed E-state index contributed by atoms with van der Waals surface area (Å²) in [5.74, 6) is -6.50. The molecule has 7 atom stereocenters. The Morgan fingerprint density at radius 3 is 2.17 bits per heavy atom. The lowest BCUT2D eigenvalue weighted by Crippen LogP contribution is -2.61. The van der Waals surface area contributed by atoms with Crippen LogP contribution in [0.25, 0.3) is 22.3 Å². The summed E-state index contributed by atoms with van der Waals surface area (Å²) in [5, 5.41) is 47.4. The molecule has 0 radical (unpaired) electrons. The number of nitrogens with one attached hydrogen (secondary N) is 5. The highest BCUT2D eigenvalue weighted by atomic mass is 16.5. The predicted octanol–water partition coefficient (Wildman–Crippen LogP) is 4.23. The van der Waals surface area contributed by atoms with Crippen molar-refractivity contribution in [1.82, 2.24) is 31.5 Å². The molecule has 10 rings (SSSR count). The van der Waals surface area contributed by atoms with Crippen molar-refractivity contribution in [2.75, 3.05) is 19.7 Å². The topological polar surface area (TPSA) is 326 Å². The lowest BCUT2D eigenvalue weighted by atomic mass is 9.94. The van der Waals surface area contributed by atoms with Crippen LogP contribution in [0.4, 0.5) is 4.79 Å². The quantitative estimate of drug-likeness (QED) is 0.0448. The second-order valence-electron chi connectivity index (χ2n) is 20.8. The number of carboxylic acids is 1. The van der Waals surface area contributed by atoms with E-state index in [4.69, 9.17) is 20.9 Å². The third kappa shape index (κ3) is 12.4. The number of phenolic OH excluding ortho intramolecular Hbond substituents is 2. The summed E-state index contributed by atoms with van der Waals surface area (Å²) in [6.45, 7) is 3.77. The number of carbonyl (C=O) groups excluding carboxylic acids is 6. The lowest BCUT2D eigenvalue weighted by Gasteiger charge is -2.31. The lowest BCUT2D eigenvalue weighted by molar-refractivity contribution is -0.142. The highest BCUT2D eigenvalue weighted by Gasteiger charge is 2.41. The van der Waals surface area contributed by atoms with Crippen molar-refractivity contribution in [3.63, 3.8) is 0 Å². The van der Waals surface area contributed by atoms with E-state index >= 15 is 0 Å². The highest BCUT2D eigenvalue weighted by molar-refractivity contribution is 5.97. The Bertz CT molecular complexity index is 3190. The number of carboxylic acid groups (broad SMARTS) is 1. The van der Waals surface area contributed by atoms with Gasteiger partial charge in [0.05, 0.1) is 0 Å². The molecule has 4 aliphatic heterocycles. The van der Waals surface area contributed by atoms with Gasteiger partial charge in [0.2, 0.25) is 29.5 Å². The molecule has 5 unspecified atom stereocenters. The minimum absolute atomic E-state index is 0.0178. The summed E-state index contributed by atoms with van der Waals surface area (Å²) in [4.78, 5) is 105. The van der Waals surface area contributed by atoms with Gasteiger partial charge in [0.1, 0.15) is 54.4 Å². The first-order chi connectivity index (χ1) is 38.5. The van der Waals surface area contributed by atoms with Crippen LogP contribution in [0.1, 0.15) is 79.7 Å². The number of aromatic hydroxyl groups is 2. The van der Waals surface area contributed by atoms with E-state index in [9.17, 15) is 48.9 Å². The molecule has 1 fully saturated rings. The number of carbonyl (C=O) groups is 7. The van der Waals surface area contributed by atoms with Gasteiger partial charge in [-0.2, -0.15) is 0 Å². The number of aliphatic carboxylic acids is 1. The van der Waals surface area contributed by atoms with Crippen LogP contribution in [0.5, 0.6) is 23.0 Å². The van der Waals surface area contributed by atoms with Gasteiger partial charge in [0, 0.05) is 49.4 Å². The average molecular weight is 1090 g/mol. The smallest absolute Gasteiger partial charge is 0.407 e. The molecule has 1 aliphatic carbocycles. The van der Waals surface area contributed by atoms with Crippen LogP contribution in [-0.2, 0) is 52.8 Å². The average Bonchev–Trinajstić information content (AvgIpc) is 4.18. The summed E-state index contributed by atoms with van der Waals surface area (Å²) < 4.78 is 12.0. The van der Waals surface area contributed by atoms with Crippen molar-refractivity contribution >= 4 is 47.6 Å². The fourth-order valence-electron chi connectivity index (χ4n) is 10.9. The maximum absolute atomic E-state index is 14.8. The Balaban J connectivity index is 1.01. The Morgan fingerprint density at radius 1 is 0.800 bits per heavy atom. The van der Waals surface area contributed by atoms with E-state index in [1.54, 1.807) is 38.1 Å². The van der Waals surface area contributed by atoms with E-state index < -0.39 is 89.5 Å². The van der Waals surface area contributed by atoms with E-state index in [1.807, 2.05) is 48.5 Å². The zero-order valence-electron chi connectivity index (χ0n) is 44.3. The molecule has 8 bridgehead atoms. The molecule has 12 N–H and O–H groups in total. The summed E-state index contributed by atoms with van der Waals surface area (Å²) in [7, 11) is 0. The molecule has 0 saturated carbocycles. The van der Waals surface area contributed by atoms with E-state index in [-0.39, 0.29) is 98.5 Å². The standard InChI is InChI=1S/C59H65N9O12/c1-3-31(2)50-55(74)64-45-28-34-25-41(51(70)49(29-34)80-35-19-16-32(17-20-35)26-46(57(76)77)65-52(45)71)40-24-33(18-21-48(40)69)27-44(53(72)67-50)63-54(73)47-15-9-23-68(47)56(75)43(14-8-22-62-58(60)61)66-59(78)79-30-42-38-12-6-4-10-36(38)37-11-5-7-13-39(37)42/h4-7,10-13,16-21,24-25,29,31,42-47,50,69-70H,3,8-9,14-15,22-23,26-28,30H2,1-2H3,(H,63,73)(H,64,74)(H,65,71)(H,66,78)(H,67,72)(H,76,77)(H4,60,61,62)/t31?,43-,44?,45?,46?,47+,50?/m0/s1. The first-order valence-corrected chi connectivity index (χ1v) is 26.8. The van der Waals surface area contributed by atoms with Crippen LogP contribution in [-0.4, -0.2) is 124 Å². The van der Waals surface area contributed by atoms with Crippen molar-refractivity contribution in [3.05, 3.63) is 131 Å². The van der Waals surface area contributed by atoms with Crippen LogP contribution in [0, 0.1) is 5.92 Å². The van der Waals surface area contributed by atoms with Crippen molar-refractivity contribution in [2.24, 2.45) is 22.4 Å². The summed E-state index contributed by atoms with van der Waals surface area (Å²) >= 11 is 0. The number of aliphatic imine (C=N–C) groups is 1. The van der Waals surface area contributed by atoms with Gasteiger partial charge >= 0.3 is 12.1 Å². The van der Waals surface area contributed by atoms with Gasteiger partial charge in [-0.1, -0.05) is 87.0 Å². The molecule has 0 spiro atoms. The van der Waals surface area contributed by atoms with Gasteiger partial charge in [0.15, 0.2) is 17.5 Å². The summed E-state index contributed by atoms with van der Waals surface area (Å²) in [5.41, 5.74) is 16.7. The van der Waals surface area contributed by atoms with Gasteiger partial charge < -0.3 is 67.7 Å². The number of ether oxygens (including phenoxy) is 2. The minimum atomic E-state index is -1.46. The Labute approximate surface area is 461 Å². The number of nitrogens with zero attached hydrogens (tertiary/aromatic N) is 2. The number of rotatable bonds is 13. The third-order valence-electron chi connectivity index (χ3n) is 15.3. The summed E-state index contributed by atoms with van der Waals surface area (Å²) in [6.07, 6.45) is -0.177. The number of phenols is 2. The van der Waals surface area contributed by atoms with Crippen LogP contribution < -0.4 is 42.8 Å². The molecule has 80 heavy (non-hydrogen) atoms. The van der Waals surface area contributed by atoms with Gasteiger partial charge in [-0.05, 0) is 107 Å². The number of likely N-dealkylation sites (tertiary alicyclic amines) is 1. The molecule has 4 heterocycles. The molecule has 5 aromatic rings. The highest BCUT2D eigenvalue weighted by Crippen LogP contribution is 2.46. The molecule has 418 valence electrons. The monoisotopic (exact) mass is 1090 g/mol. The van der Waals surface area contributed by atoms with Crippen LogP contribution in [0.15, 0.2) is 108 Å². The van der Waals surface area contributed by atoms with Crippen molar-refractivity contribution in [2.45, 2.75) is 107 Å². The predicted molar refractivity (Wildman–Crippen MR) is 294 cm³/mol. The molecular weight excluding hydrogens is 1030 g/mol. The fraction of sp³-hybridized carbons (Fsp3) is 0.356. The fourth-order valence-corrected chi connectivity index (χ4v) is 10.9. The van der Waals surface area contributed by atoms with Crippen molar-refractivity contribution in [1.29, 1.82) is 0 Å². The van der Waals surface area contributed by atoms with E-state index in [0.29, 0.717) is 29.5 Å². The second kappa shape index (κ2) is 24.3. The number of alkyl carbamates (subject to hydrolysis) is 1. The molecule has 6 amide bonds. The number of fused-ring (bicyclic) bond motifs is 12. The van der Waals surface area contributed by atoms with Crippen LogP contribution in [0.2, 0.25) is 0 Å². The van der Waals surface area contributed by atoms with E-state index in [0.717, 1.165) is 22.3 Å². The maximum Gasteiger partial charge on any atom is 0.407 e. The number of hydrogen-bond acceptors (Lipinski definition) is 12.